The van der Waals surface area contributed by atoms with E-state index in [1.165, 1.54) is 32.1 Å². The molecule has 1 spiro atoms. The maximum absolute atomic E-state index is 13.0. The lowest BCUT2D eigenvalue weighted by Crippen LogP contribution is -2.38. The number of pyridine rings is 1. The van der Waals surface area contributed by atoms with Gasteiger partial charge in [0.2, 0.25) is 0 Å². The van der Waals surface area contributed by atoms with Crippen molar-refractivity contribution in [3.05, 3.63) is 28.5 Å². The van der Waals surface area contributed by atoms with Crippen LogP contribution < -0.4 is 5.32 Å². The predicted octanol–water partition coefficient (Wildman–Crippen LogP) is 4.17. The molecule has 1 aromatic heterocycles. The van der Waals surface area contributed by atoms with Gasteiger partial charge in [-0.3, -0.25) is 4.79 Å². The zero-order chi connectivity index (χ0) is 16.1. The Balaban J connectivity index is 1.27. The van der Waals surface area contributed by atoms with Crippen molar-refractivity contribution in [2.45, 2.75) is 56.9 Å². The van der Waals surface area contributed by atoms with E-state index >= 15 is 0 Å². The Morgan fingerprint density at radius 2 is 2.08 bits per heavy atom. The molecule has 6 unspecified atom stereocenters. The van der Waals surface area contributed by atoms with Gasteiger partial charge in [-0.15, -0.1) is 0 Å². The molecule has 0 saturated heterocycles. The van der Waals surface area contributed by atoms with Crippen molar-refractivity contribution < 1.29 is 4.79 Å². The monoisotopic (exact) mass is 342 g/mol. The van der Waals surface area contributed by atoms with E-state index in [1.807, 2.05) is 6.07 Å². The van der Waals surface area contributed by atoms with Gasteiger partial charge in [0.15, 0.2) is 0 Å². The molecular formula is C20H23ClN2O. The minimum atomic E-state index is 0.0862. The van der Waals surface area contributed by atoms with Gasteiger partial charge >= 0.3 is 0 Å². The van der Waals surface area contributed by atoms with E-state index in [-0.39, 0.29) is 5.91 Å². The highest BCUT2D eigenvalue weighted by atomic mass is 35.5. The lowest BCUT2D eigenvalue weighted by Gasteiger charge is -2.25. The molecule has 0 aromatic carbocycles. The number of carbonyl (C=O) groups is 1. The van der Waals surface area contributed by atoms with Gasteiger partial charge in [0.1, 0.15) is 5.15 Å². The van der Waals surface area contributed by atoms with E-state index in [0.29, 0.717) is 22.5 Å². The second kappa shape index (κ2) is 4.55. The summed E-state index contributed by atoms with van der Waals surface area (Å²) in [6, 6.07) is 4.03. The molecule has 2 bridgehead atoms. The number of rotatable bonds is 3. The fourth-order valence-electron chi connectivity index (χ4n) is 6.73. The number of nitrogens with one attached hydrogen (secondary N) is 1. The number of fused-ring (bicyclic) bond motifs is 1. The van der Waals surface area contributed by atoms with Crippen molar-refractivity contribution >= 4 is 17.5 Å². The van der Waals surface area contributed by atoms with Crippen LogP contribution in [0.2, 0.25) is 5.15 Å². The third-order valence-electron chi connectivity index (χ3n) is 7.88. The fourth-order valence-corrected chi connectivity index (χ4v) is 6.88. The molecular weight excluding hydrogens is 320 g/mol. The molecule has 1 amide bonds. The highest BCUT2D eigenvalue weighted by Gasteiger charge is 2.71. The van der Waals surface area contributed by atoms with Gasteiger partial charge < -0.3 is 5.32 Å². The molecule has 4 heteroatoms. The second-order valence-corrected chi connectivity index (χ2v) is 9.49. The molecule has 5 aliphatic rings. The minimum absolute atomic E-state index is 0.0862. The molecule has 5 fully saturated rings. The summed E-state index contributed by atoms with van der Waals surface area (Å²) >= 11 is 6.06. The molecule has 5 aliphatic carbocycles. The molecule has 24 heavy (non-hydrogen) atoms. The van der Waals surface area contributed by atoms with Crippen LogP contribution in [-0.4, -0.2) is 16.9 Å². The first-order valence-electron chi connectivity index (χ1n) is 9.61. The van der Waals surface area contributed by atoms with Crippen molar-refractivity contribution in [3.8, 4) is 0 Å². The first-order chi connectivity index (χ1) is 11.6. The average molecular weight is 343 g/mol. The van der Waals surface area contributed by atoms with Gasteiger partial charge in [0.25, 0.3) is 5.91 Å². The van der Waals surface area contributed by atoms with Crippen LogP contribution in [0.3, 0.4) is 0 Å². The van der Waals surface area contributed by atoms with E-state index in [9.17, 15) is 4.79 Å². The maximum atomic E-state index is 13.0. The van der Waals surface area contributed by atoms with Crippen LogP contribution in [0.25, 0.3) is 0 Å². The molecule has 0 radical (unpaired) electrons. The van der Waals surface area contributed by atoms with Crippen molar-refractivity contribution in [3.63, 3.8) is 0 Å². The minimum Gasteiger partial charge on any atom is -0.349 e. The SMILES string of the molecule is O=C(NC1CC23CC2CC2CC1C3C2)c1ccc(Cl)nc1C1CC1. The van der Waals surface area contributed by atoms with E-state index in [4.69, 9.17) is 11.6 Å². The molecule has 126 valence electrons. The molecule has 6 rings (SSSR count). The van der Waals surface area contributed by atoms with Crippen LogP contribution in [-0.2, 0) is 0 Å². The van der Waals surface area contributed by atoms with E-state index in [2.05, 4.69) is 10.3 Å². The Bertz CT molecular complexity index is 745. The summed E-state index contributed by atoms with van der Waals surface area (Å²) in [6.07, 6.45) is 9.19. The summed E-state index contributed by atoms with van der Waals surface area (Å²) in [6.45, 7) is 0. The Kier molecular flexibility index (Phi) is 2.67. The number of carbonyl (C=O) groups excluding carboxylic acids is 1. The molecule has 0 aliphatic heterocycles. The Morgan fingerprint density at radius 1 is 1.21 bits per heavy atom. The lowest BCUT2D eigenvalue weighted by atomic mass is 9.80. The van der Waals surface area contributed by atoms with Crippen LogP contribution in [0.4, 0.5) is 0 Å². The van der Waals surface area contributed by atoms with Gasteiger partial charge in [-0.1, -0.05) is 11.6 Å². The summed E-state index contributed by atoms with van der Waals surface area (Å²) < 4.78 is 0. The smallest absolute Gasteiger partial charge is 0.253 e. The van der Waals surface area contributed by atoms with Crippen molar-refractivity contribution in [2.75, 3.05) is 0 Å². The second-order valence-electron chi connectivity index (χ2n) is 9.10. The van der Waals surface area contributed by atoms with Gasteiger partial charge in [-0.2, -0.15) is 0 Å². The highest BCUT2D eigenvalue weighted by Crippen LogP contribution is 2.77. The standard InChI is InChI=1S/C20H23ClN2O/c21-17-4-3-13(18(23-17)11-1-2-11)19(24)22-16-9-20-8-12(20)5-10-6-14(16)15(20)7-10/h3-4,10-12,14-16H,1-2,5-9H2,(H,22,24). The normalized spacial score (nSPS) is 44.3. The van der Waals surface area contributed by atoms with Crippen LogP contribution in [0, 0.1) is 29.1 Å². The van der Waals surface area contributed by atoms with E-state index in [0.717, 1.165) is 47.8 Å². The molecule has 1 aromatic rings. The van der Waals surface area contributed by atoms with Crippen LogP contribution in [0.1, 0.15) is 66.9 Å². The topological polar surface area (TPSA) is 42.0 Å². The summed E-state index contributed by atoms with van der Waals surface area (Å²) in [5, 5.41) is 3.93. The van der Waals surface area contributed by atoms with Crippen LogP contribution in [0.15, 0.2) is 12.1 Å². The van der Waals surface area contributed by atoms with E-state index in [1.54, 1.807) is 6.07 Å². The summed E-state index contributed by atoms with van der Waals surface area (Å²) in [4.78, 5) is 17.4. The molecule has 5 saturated carbocycles. The van der Waals surface area contributed by atoms with E-state index < -0.39 is 0 Å². The van der Waals surface area contributed by atoms with Crippen molar-refractivity contribution in [2.24, 2.45) is 29.1 Å². The Hall–Kier alpha value is -1.09. The zero-order valence-electron chi connectivity index (χ0n) is 13.8. The largest absolute Gasteiger partial charge is 0.349 e. The number of halogens is 1. The number of amides is 1. The Morgan fingerprint density at radius 3 is 2.92 bits per heavy atom. The van der Waals surface area contributed by atoms with Crippen LogP contribution in [0.5, 0.6) is 0 Å². The highest BCUT2D eigenvalue weighted by molar-refractivity contribution is 6.29. The third kappa shape index (κ3) is 1.85. The maximum Gasteiger partial charge on any atom is 0.253 e. The average Bonchev–Trinajstić information content (AvgIpc) is 3.43. The quantitative estimate of drug-likeness (QED) is 0.838. The van der Waals surface area contributed by atoms with Crippen molar-refractivity contribution in [1.82, 2.24) is 10.3 Å². The van der Waals surface area contributed by atoms with Crippen LogP contribution >= 0.6 is 11.6 Å². The van der Waals surface area contributed by atoms with Gasteiger partial charge in [0.05, 0.1) is 11.3 Å². The van der Waals surface area contributed by atoms with Gasteiger partial charge in [0, 0.05) is 12.0 Å². The predicted molar refractivity (Wildman–Crippen MR) is 92.0 cm³/mol. The van der Waals surface area contributed by atoms with Gasteiger partial charge in [-0.25, -0.2) is 4.98 Å². The number of hydrogen-bond acceptors (Lipinski definition) is 2. The Labute approximate surface area is 147 Å². The first-order valence-corrected chi connectivity index (χ1v) is 9.99. The van der Waals surface area contributed by atoms with Gasteiger partial charge in [-0.05, 0) is 86.2 Å². The molecule has 1 N–H and O–H groups in total. The lowest BCUT2D eigenvalue weighted by molar-refractivity contribution is 0.0923. The third-order valence-corrected chi connectivity index (χ3v) is 8.09. The number of aromatic nitrogens is 1. The molecule has 6 atom stereocenters. The fraction of sp³-hybridized carbons (Fsp3) is 0.700. The number of nitrogens with zero attached hydrogens (tertiary/aromatic N) is 1. The number of hydrogen-bond donors (Lipinski definition) is 1. The first kappa shape index (κ1) is 14.1. The molecule has 3 nitrogen and oxygen atoms in total. The summed E-state index contributed by atoms with van der Waals surface area (Å²) in [7, 11) is 0. The summed E-state index contributed by atoms with van der Waals surface area (Å²) in [5.74, 6) is 4.08. The summed E-state index contributed by atoms with van der Waals surface area (Å²) in [5.41, 5.74) is 2.30. The van der Waals surface area contributed by atoms with Crippen molar-refractivity contribution in [1.29, 1.82) is 0 Å². The zero-order valence-corrected chi connectivity index (χ0v) is 14.6. The molecule has 1 heterocycles.